The van der Waals surface area contributed by atoms with E-state index in [1.807, 2.05) is 4.90 Å². The molecular weight excluding hydrogens is 166 g/mol. The summed E-state index contributed by atoms with van der Waals surface area (Å²) in [6, 6.07) is 0.371. The molecule has 2 atom stereocenters. The van der Waals surface area contributed by atoms with Gasteiger partial charge in [-0.3, -0.25) is 9.59 Å². The van der Waals surface area contributed by atoms with E-state index in [4.69, 9.17) is 0 Å². The molecule has 3 heteroatoms. The summed E-state index contributed by atoms with van der Waals surface area (Å²) in [5, 5.41) is 0. The third kappa shape index (κ3) is 1.47. The van der Waals surface area contributed by atoms with Crippen LogP contribution in [-0.2, 0) is 9.59 Å². The van der Waals surface area contributed by atoms with Crippen LogP contribution >= 0.6 is 0 Å². The molecule has 0 aromatic heterocycles. The van der Waals surface area contributed by atoms with Gasteiger partial charge < -0.3 is 4.90 Å². The van der Waals surface area contributed by atoms with E-state index in [9.17, 15) is 9.59 Å². The lowest BCUT2D eigenvalue weighted by molar-refractivity contribution is -0.132. The van der Waals surface area contributed by atoms with Crippen LogP contribution < -0.4 is 0 Å². The number of carbonyl (C=O) groups excluding carboxylic acids is 2. The second kappa shape index (κ2) is 3.13. The molecule has 13 heavy (non-hydrogen) atoms. The standard InChI is InChI=1S/C10H15NO2/c1-7(12)11-5-4-8-6-9(13)2-3-10(8)11/h8,10H,2-6H2,1H3/t8-,10-/m0/s1. The minimum absolute atomic E-state index is 0.168. The lowest BCUT2D eigenvalue weighted by Crippen LogP contribution is -2.39. The van der Waals surface area contributed by atoms with Crippen molar-refractivity contribution in [1.29, 1.82) is 0 Å². The zero-order valence-electron chi connectivity index (χ0n) is 7.95. The van der Waals surface area contributed by atoms with E-state index in [0.29, 0.717) is 30.6 Å². The number of nitrogens with zero attached hydrogens (tertiary/aromatic N) is 1. The Morgan fingerprint density at radius 2 is 2.23 bits per heavy atom. The molecule has 3 nitrogen and oxygen atoms in total. The van der Waals surface area contributed by atoms with Gasteiger partial charge in [0, 0.05) is 32.4 Å². The normalized spacial score (nSPS) is 33.3. The molecule has 1 aliphatic heterocycles. The fourth-order valence-electron chi connectivity index (χ4n) is 2.64. The summed E-state index contributed by atoms with van der Waals surface area (Å²) in [5.74, 6) is 1.01. The molecule has 1 saturated heterocycles. The topological polar surface area (TPSA) is 37.4 Å². The SMILES string of the molecule is CC(=O)N1CC[C@H]2CC(=O)CC[C@@H]21. The summed E-state index contributed by atoms with van der Waals surface area (Å²) < 4.78 is 0. The minimum atomic E-state index is 0.168. The average molecular weight is 181 g/mol. The molecule has 0 bridgehead atoms. The van der Waals surface area contributed by atoms with Crippen LogP contribution in [0.5, 0.6) is 0 Å². The maximum absolute atomic E-state index is 11.2. The van der Waals surface area contributed by atoms with E-state index in [0.717, 1.165) is 19.4 Å². The van der Waals surface area contributed by atoms with Gasteiger partial charge in [-0.15, -0.1) is 0 Å². The predicted molar refractivity (Wildman–Crippen MR) is 48.1 cm³/mol. The highest BCUT2D eigenvalue weighted by molar-refractivity contribution is 5.80. The van der Waals surface area contributed by atoms with E-state index in [-0.39, 0.29) is 5.91 Å². The number of fused-ring (bicyclic) bond motifs is 1. The first-order valence-corrected chi connectivity index (χ1v) is 4.97. The maximum Gasteiger partial charge on any atom is 0.219 e. The summed E-state index contributed by atoms with van der Waals surface area (Å²) in [6.07, 6.45) is 3.29. The van der Waals surface area contributed by atoms with Gasteiger partial charge in [0.15, 0.2) is 0 Å². The molecule has 2 aliphatic rings. The van der Waals surface area contributed by atoms with E-state index < -0.39 is 0 Å². The zero-order chi connectivity index (χ0) is 9.42. The molecule has 0 spiro atoms. The van der Waals surface area contributed by atoms with Gasteiger partial charge in [-0.1, -0.05) is 0 Å². The summed E-state index contributed by atoms with van der Waals surface area (Å²) in [6.45, 7) is 2.48. The number of Topliss-reactive ketones (excluding diaryl/α,β-unsaturated/α-hetero) is 1. The molecule has 1 heterocycles. The van der Waals surface area contributed by atoms with Crippen LogP contribution in [-0.4, -0.2) is 29.2 Å². The number of rotatable bonds is 0. The van der Waals surface area contributed by atoms with Crippen LogP contribution in [0.4, 0.5) is 0 Å². The molecule has 0 radical (unpaired) electrons. The highest BCUT2D eigenvalue weighted by Gasteiger charge is 2.39. The van der Waals surface area contributed by atoms with Crippen LogP contribution in [0.15, 0.2) is 0 Å². The molecule has 0 N–H and O–H groups in total. The summed E-state index contributed by atoms with van der Waals surface area (Å²) in [5.41, 5.74) is 0. The number of hydrogen-bond acceptors (Lipinski definition) is 2. The lowest BCUT2D eigenvalue weighted by atomic mass is 9.84. The Bertz CT molecular complexity index is 249. The van der Waals surface area contributed by atoms with Gasteiger partial charge in [-0.25, -0.2) is 0 Å². The Balaban J connectivity index is 2.08. The maximum atomic E-state index is 11.2. The smallest absolute Gasteiger partial charge is 0.219 e. The van der Waals surface area contributed by atoms with E-state index in [2.05, 4.69) is 0 Å². The van der Waals surface area contributed by atoms with Crippen LogP contribution in [0.2, 0.25) is 0 Å². The minimum Gasteiger partial charge on any atom is -0.340 e. The van der Waals surface area contributed by atoms with Crippen molar-refractivity contribution < 1.29 is 9.59 Å². The van der Waals surface area contributed by atoms with Crippen molar-refractivity contribution in [3.8, 4) is 0 Å². The summed E-state index contributed by atoms with van der Waals surface area (Å²) >= 11 is 0. The van der Waals surface area contributed by atoms with Gasteiger partial charge in [0.25, 0.3) is 0 Å². The first-order chi connectivity index (χ1) is 6.18. The van der Waals surface area contributed by atoms with Crippen molar-refractivity contribution in [2.24, 2.45) is 5.92 Å². The van der Waals surface area contributed by atoms with Gasteiger partial charge in [0.1, 0.15) is 5.78 Å². The third-order valence-corrected chi connectivity index (χ3v) is 3.30. The highest BCUT2D eigenvalue weighted by atomic mass is 16.2. The second-order valence-corrected chi connectivity index (χ2v) is 4.11. The molecule has 2 rings (SSSR count). The van der Waals surface area contributed by atoms with Crippen molar-refractivity contribution in [2.45, 2.75) is 38.6 Å². The van der Waals surface area contributed by atoms with Gasteiger partial charge >= 0.3 is 0 Å². The van der Waals surface area contributed by atoms with E-state index in [1.54, 1.807) is 6.92 Å². The fraction of sp³-hybridized carbons (Fsp3) is 0.800. The van der Waals surface area contributed by atoms with Crippen LogP contribution in [0.1, 0.15) is 32.6 Å². The molecular formula is C10H15NO2. The largest absolute Gasteiger partial charge is 0.340 e. The summed E-state index contributed by atoms with van der Waals surface area (Å²) in [4.78, 5) is 24.3. The molecule has 2 fully saturated rings. The Hall–Kier alpha value is -0.860. The lowest BCUT2D eigenvalue weighted by Gasteiger charge is -2.30. The Labute approximate surface area is 78.1 Å². The monoisotopic (exact) mass is 181 g/mol. The molecule has 1 saturated carbocycles. The Morgan fingerprint density at radius 3 is 2.92 bits per heavy atom. The highest BCUT2D eigenvalue weighted by Crippen LogP contribution is 2.34. The Kier molecular flexibility index (Phi) is 2.10. The molecule has 1 aliphatic carbocycles. The number of ketones is 1. The predicted octanol–water partition coefficient (Wildman–Crippen LogP) is 0.976. The quantitative estimate of drug-likeness (QED) is 0.558. The first-order valence-electron chi connectivity index (χ1n) is 4.97. The van der Waals surface area contributed by atoms with E-state index in [1.165, 1.54) is 0 Å². The van der Waals surface area contributed by atoms with Crippen LogP contribution in [0.3, 0.4) is 0 Å². The van der Waals surface area contributed by atoms with Gasteiger partial charge in [0.05, 0.1) is 0 Å². The zero-order valence-corrected chi connectivity index (χ0v) is 7.95. The Morgan fingerprint density at radius 1 is 1.46 bits per heavy atom. The molecule has 0 unspecified atom stereocenters. The molecule has 72 valence electrons. The number of hydrogen-bond donors (Lipinski definition) is 0. The van der Waals surface area contributed by atoms with E-state index >= 15 is 0 Å². The van der Waals surface area contributed by atoms with Crippen LogP contribution in [0, 0.1) is 5.92 Å². The average Bonchev–Trinajstić information content (AvgIpc) is 2.46. The second-order valence-electron chi connectivity index (χ2n) is 4.11. The molecule has 1 amide bonds. The first kappa shape index (κ1) is 8.73. The van der Waals surface area contributed by atoms with Crippen molar-refractivity contribution >= 4 is 11.7 Å². The molecule has 0 aromatic rings. The van der Waals surface area contributed by atoms with Crippen molar-refractivity contribution in [3.05, 3.63) is 0 Å². The van der Waals surface area contributed by atoms with Gasteiger partial charge in [0.2, 0.25) is 5.91 Å². The van der Waals surface area contributed by atoms with Crippen molar-refractivity contribution in [3.63, 3.8) is 0 Å². The number of amides is 1. The van der Waals surface area contributed by atoms with Crippen LogP contribution in [0.25, 0.3) is 0 Å². The van der Waals surface area contributed by atoms with Gasteiger partial charge in [-0.05, 0) is 18.8 Å². The fourth-order valence-corrected chi connectivity index (χ4v) is 2.64. The third-order valence-electron chi connectivity index (χ3n) is 3.30. The molecule has 0 aromatic carbocycles. The number of carbonyl (C=O) groups is 2. The van der Waals surface area contributed by atoms with Crippen molar-refractivity contribution in [2.75, 3.05) is 6.54 Å². The van der Waals surface area contributed by atoms with Gasteiger partial charge in [-0.2, -0.15) is 0 Å². The van der Waals surface area contributed by atoms with Crippen molar-refractivity contribution in [1.82, 2.24) is 4.90 Å². The number of likely N-dealkylation sites (tertiary alicyclic amines) is 1. The summed E-state index contributed by atoms with van der Waals surface area (Å²) in [7, 11) is 0.